The molecule has 0 spiro atoms. The zero-order valence-corrected chi connectivity index (χ0v) is 10.8. The van der Waals surface area contributed by atoms with Crippen molar-refractivity contribution in [2.24, 2.45) is 0 Å². The molecule has 100 valence electrons. The molecule has 0 heterocycles. The van der Waals surface area contributed by atoms with Gasteiger partial charge in [-0.2, -0.15) is 0 Å². The second-order valence-corrected chi connectivity index (χ2v) is 3.67. The number of carbonyl (C=O) groups is 1. The molecule has 1 aromatic carbocycles. The summed E-state index contributed by atoms with van der Waals surface area (Å²) < 4.78 is 15.0. The summed E-state index contributed by atoms with van der Waals surface area (Å²) >= 11 is 0. The van der Waals surface area contributed by atoms with Gasteiger partial charge in [0.1, 0.15) is 12.4 Å². The second-order valence-electron chi connectivity index (χ2n) is 3.67. The van der Waals surface area contributed by atoms with Crippen molar-refractivity contribution in [1.82, 2.24) is 5.32 Å². The Morgan fingerprint density at radius 3 is 2.83 bits per heavy atom. The van der Waals surface area contributed by atoms with Gasteiger partial charge in [-0.05, 0) is 17.7 Å². The molecule has 0 saturated carbocycles. The summed E-state index contributed by atoms with van der Waals surface area (Å²) in [5.41, 5.74) is 0.986. The van der Waals surface area contributed by atoms with Crippen LogP contribution in [0.3, 0.4) is 0 Å². The van der Waals surface area contributed by atoms with Crippen molar-refractivity contribution >= 4 is 5.91 Å². The third-order valence-electron chi connectivity index (χ3n) is 2.29. The van der Waals surface area contributed by atoms with Crippen molar-refractivity contribution in [2.75, 3.05) is 34.0 Å². The monoisotopic (exact) mass is 253 g/mol. The van der Waals surface area contributed by atoms with Crippen LogP contribution in [-0.4, -0.2) is 39.9 Å². The minimum absolute atomic E-state index is 0.0489. The first-order chi connectivity index (χ1) is 8.76. The minimum atomic E-state index is -0.145. The zero-order valence-electron chi connectivity index (χ0n) is 10.8. The quantitative estimate of drug-likeness (QED) is 0.701. The lowest BCUT2D eigenvalue weighted by atomic mass is 10.2. The Morgan fingerprint density at radius 1 is 1.28 bits per heavy atom. The number of benzene rings is 1. The van der Waals surface area contributed by atoms with Crippen LogP contribution in [0.25, 0.3) is 0 Å². The predicted molar refractivity (Wildman–Crippen MR) is 67.5 cm³/mol. The average molecular weight is 253 g/mol. The van der Waals surface area contributed by atoms with Gasteiger partial charge in [0.15, 0.2) is 0 Å². The molecule has 5 heteroatoms. The van der Waals surface area contributed by atoms with Crippen LogP contribution in [0.1, 0.15) is 5.56 Å². The highest BCUT2D eigenvalue weighted by Gasteiger charge is 2.02. The molecule has 0 aliphatic carbocycles. The summed E-state index contributed by atoms with van der Waals surface area (Å²) in [5.74, 6) is 0.631. The molecular weight excluding hydrogens is 234 g/mol. The molecule has 0 fully saturated rings. The second kappa shape index (κ2) is 8.49. The van der Waals surface area contributed by atoms with Gasteiger partial charge < -0.3 is 19.5 Å². The number of amides is 1. The fraction of sp³-hybridized carbons (Fsp3) is 0.462. The van der Waals surface area contributed by atoms with E-state index >= 15 is 0 Å². The van der Waals surface area contributed by atoms with Crippen molar-refractivity contribution in [1.29, 1.82) is 0 Å². The van der Waals surface area contributed by atoms with Gasteiger partial charge in [-0.3, -0.25) is 4.79 Å². The standard InChI is InChI=1S/C13H19NO4/c1-16-6-7-18-10-13(15)14-9-11-4-3-5-12(8-11)17-2/h3-5,8H,6-7,9-10H2,1-2H3,(H,14,15). The van der Waals surface area contributed by atoms with E-state index in [1.165, 1.54) is 0 Å². The van der Waals surface area contributed by atoms with E-state index in [9.17, 15) is 4.79 Å². The van der Waals surface area contributed by atoms with E-state index in [-0.39, 0.29) is 12.5 Å². The molecule has 1 N–H and O–H groups in total. The molecule has 0 unspecified atom stereocenters. The molecule has 1 rings (SSSR count). The lowest BCUT2D eigenvalue weighted by molar-refractivity contribution is -0.126. The van der Waals surface area contributed by atoms with Crippen molar-refractivity contribution < 1.29 is 19.0 Å². The van der Waals surface area contributed by atoms with Gasteiger partial charge in [0, 0.05) is 13.7 Å². The van der Waals surface area contributed by atoms with Crippen LogP contribution in [-0.2, 0) is 20.8 Å². The first kappa shape index (κ1) is 14.5. The average Bonchev–Trinajstić information content (AvgIpc) is 2.41. The van der Waals surface area contributed by atoms with E-state index < -0.39 is 0 Å². The number of methoxy groups -OCH3 is 2. The maximum Gasteiger partial charge on any atom is 0.246 e. The van der Waals surface area contributed by atoms with Crippen LogP contribution in [0.4, 0.5) is 0 Å². The lowest BCUT2D eigenvalue weighted by Gasteiger charge is -2.07. The van der Waals surface area contributed by atoms with Gasteiger partial charge in [-0.1, -0.05) is 12.1 Å². The number of ether oxygens (including phenoxy) is 3. The number of nitrogens with one attached hydrogen (secondary N) is 1. The molecule has 0 aliphatic heterocycles. The molecule has 0 bridgehead atoms. The molecule has 0 saturated heterocycles. The first-order valence-electron chi connectivity index (χ1n) is 5.72. The lowest BCUT2D eigenvalue weighted by Crippen LogP contribution is -2.27. The predicted octanol–water partition coefficient (Wildman–Crippen LogP) is 0.974. The normalized spacial score (nSPS) is 10.1. The number of carbonyl (C=O) groups excluding carboxylic acids is 1. The van der Waals surface area contributed by atoms with Gasteiger partial charge in [0.05, 0.1) is 20.3 Å². The third-order valence-corrected chi connectivity index (χ3v) is 2.29. The van der Waals surface area contributed by atoms with Crippen LogP contribution in [0, 0.1) is 0 Å². The Hall–Kier alpha value is -1.59. The molecule has 1 amide bonds. The Morgan fingerprint density at radius 2 is 2.11 bits per heavy atom. The van der Waals surface area contributed by atoms with Crippen molar-refractivity contribution in [3.63, 3.8) is 0 Å². The third kappa shape index (κ3) is 5.65. The van der Waals surface area contributed by atoms with Gasteiger partial charge >= 0.3 is 0 Å². The maximum atomic E-state index is 11.4. The molecule has 1 aromatic rings. The summed E-state index contributed by atoms with van der Waals surface area (Å²) in [7, 11) is 3.20. The summed E-state index contributed by atoms with van der Waals surface area (Å²) in [5, 5.41) is 2.77. The number of hydrogen-bond acceptors (Lipinski definition) is 4. The summed E-state index contributed by atoms with van der Waals surface area (Å²) in [6.07, 6.45) is 0. The molecule has 0 radical (unpaired) electrons. The number of rotatable bonds is 8. The van der Waals surface area contributed by atoms with Crippen molar-refractivity contribution in [2.45, 2.75) is 6.54 Å². The zero-order chi connectivity index (χ0) is 13.2. The van der Waals surface area contributed by atoms with Crippen LogP contribution in [0.15, 0.2) is 24.3 Å². The summed E-state index contributed by atoms with van der Waals surface area (Å²) in [6.45, 7) is 1.42. The molecule has 0 aliphatic rings. The Balaban J connectivity index is 2.24. The fourth-order valence-corrected chi connectivity index (χ4v) is 1.34. The van der Waals surface area contributed by atoms with Crippen LogP contribution in [0.2, 0.25) is 0 Å². The maximum absolute atomic E-state index is 11.4. The van der Waals surface area contributed by atoms with Gasteiger partial charge in [-0.25, -0.2) is 0 Å². The molecule has 5 nitrogen and oxygen atoms in total. The van der Waals surface area contributed by atoms with Crippen molar-refractivity contribution in [3.05, 3.63) is 29.8 Å². The van der Waals surface area contributed by atoms with Crippen LogP contribution in [0.5, 0.6) is 5.75 Å². The summed E-state index contributed by atoms with van der Waals surface area (Å²) in [4.78, 5) is 11.4. The van der Waals surface area contributed by atoms with Crippen LogP contribution >= 0.6 is 0 Å². The minimum Gasteiger partial charge on any atom is -0.497 e. The van der Waals surface area contributed by atoms with E-state index in [0.717, 1.165) is 11.3 Å². The largest absolute Gasteiger partial charge is 0.497 e. The molecular formula is C13H19NO4. The highest BCUT2D eigenvalue weighted by molar-refractivity contribution is 5.77. The van der Waals surface area contributed by atoms with E-state index in [0.29, 0.717) is 19.8 Å². The topological polar surface area (TPSA) is 56.8 Å². The molecule has 18 heavy (non-hydrogen) atoms. The Labute approximate surface area is 107 Å². The Bertz CT molecular complexity index is 368. The Kier molecular flexibility index (Phi) is 6.83. The highest BCUT2D eigenvalue weighted by Crippen LogP contribution is 2.11. The fourth-order valence-electron chi connectivity index (χ4n) is 1.34. The van der Waals surface area contributed by atoms with E-state index in [1.807, 2.05) is 24.3 Å². The van der Waals surface area contributed by atoms with Gasteiger partial charge in [-0.15, -0.1) is 0 Å². The van der Waals surface area contributed by atoms with E-state index in [4.69, 9.17) is 14.2 Å². The summed E-state index contributed by atoms with van der Waals surface area (Å²) in [6, 6.07) is 7.55. The first-order valence-corrected chi connectivity index (χ1v) is 5.72. The van der Waals surface area contributed by atoms with Crippen LogP contribution < -0.4 is 10.1 Å². The van der Waals surface area contributed by atoms with E-state index in [1.54, 1.807) is 14.2 Å². The van der Waals surface area contributed by atoms with Gasteiger partial charge in [0.25, 0.3) is 0 Å². The molecule has 0 atom stereocenters. The van der Waals surface area contributed by atoms with Gasteiger partial charge in [0.2, 0.25) is 5.91 Å². The van der Waals surface area contributed by atoms with E-state index in [2.05, 4.69) is 5.32 Å². The smallest absolute Gasteiger partial charge is 0.246 e. The van der Waals surface area contributed by atoms with Crippen molar-refractivity contribution in [3.8, 4) is 5.75 Å². The molecule has 0 aromatic heterocycles. The highest BCUT2D eigenvalue weighted by atomic mass is 16.5. The SMILES string of the molecule is COCCOCC(=O)NCc1cccc(OC)c1. The number of hydrogen-bond donors (Lipinski definition) is 1.